The van der Waals surface area contributed by atoms with Crippen molar-refractivity contribution in [1.29, 1.82) is 0 Å². The number of hydrogen-bond acceptors (Lipinski definition) is 8. The lowest BCUT2D eigenvalue weighted by Gasteiger charge is -2.28. The molecular weight excluding hydrogens is 918 g/mol. The molecule has 0 aliphatic heterocycles. The number of quaternary nitrogens is 1. The summed E-state index contributed by atoms with van der Waals surface area (Å²) >= 11 is 0. The van der Waals surface area contributed by atoms with Crippen LogP contribution in [0.4, 0.5) is 0 Å². The zero-order valence-electron chi connectivity index (χ0n) is 47.9. The molecule has 10 heteroatoms. The van der Waals surface area contributed by atoms with Crippen molar-refractivity contribution in [3.05, 3.63) is 48.6 Å². The Bertz CT molecular complexity index is 1360. The van der Waals surface area contributed by atoms with Gasteiger partial charge in [-0.2, -0.15) is 0 Å². The minimum Gasteiger partial charge on any atom is -0.756 e. The number of carbonyl (C=O) groups excluding carboxylic acids is 2. The van der Waals surface area contributed by atoms with Crippen molar-refractivity contribution in [1.82, 2.24) is 0 Å². The number of carbonyl (C=O) groups is 2. The second-order valence-electron chi connectivity index (χ2n) is 21.7. The van der Waals surface area contributed by atoms with Gasteiger partial charge in [-0.15, -0.1) is 0 Å². The second kappa shape index (κ2) is 53.8. The minimum atomic E-state index is -4.64. The van der Waals surface area contributed by atoms with Crippen molar-refractivity contribution in [2.75, 3.05) is 47.5 Å². The van der Waals surface area contributed by atoms with Crippen LogP contribution in [0.3, 0.4) is 0 Å². The van der Waals surface area contributed by atoms with E-state index >= 15 is 0 Å². The summed E-state index contributed by atoms with van der Waals surface area (Å²) in [5.74, 6) is -0.840. The molecule has 0 N–H and O–H groups in total. The molecule has 422 valence electrons. The van der Waals surface area contributed by atoms with E-state index in [0.29, 0.717) is 23.9 Å². The number of hydrogen-bond donors (Lipinski definition) is 0. The number of esters is 2. The van der Waals surface area contributed by atoms with E-state index in [0.717, 1.165) is 64.2 Å². The summed E-state index contributed by atoms with van der Waals surface area (Å²) in [6.07, 6.45) is 67.5. The van der Waals surface area contributed by atoms with Gasteiger partial charge in [-0.25, -0.2) is 0 Å². The second-order valence-corrected chi connectivity index (χ2v) is 23.1. The van der Waals surface area contributed by atoms with Crippen LogP contribution in [-0.2, 0) is 32.7 Å². The highest BCUT2D eigenvalue weighted by molar-refractivity contribution is 7.45. The van der Waals surface area contributed by atoms with E-state index in [1.165, 1.54) is 180 Å². The third kappa shape index (κ3) is 57.3. The van der Waals surface area contributed by atoms with Gasteiger partial charge in [0.15, 0.2) is 6.10 Å². The van der Waals surface area contributed by atoms with Crippen molar-refractivity contribution >= 4 is 19.8 Å². The first-order valence-corrected chi connectivity index (χ1v) is 31.8. The highest BCUT2D eigenvalue weighted by atomic mass is 31.2. The molecule has 0 aliphatic rings. The van der Waals surface area contributed by atoms with Crippen LogP contribution >= 0.6 is 7.82 Å². The quantitative estimate of drug-likeness (QED) is 0.0195. The standard InChI is InChI=1S/C62H116NO8P/c1-6-8-10-12-14-16-18-20-22-23-24-25-26-27-28-29-30-31-32-33-34-35-36-37-38-39-41-43-45-47-49-51-53-55-62(65)71-60(59-70-72(66,67)69-57-56-63(3,4)5)58-68-61(64)54-52-50-48-46-44-42-40-21-19-17-15-13-11-9-7-2/h15,17-18,20-21,23-24,40,60H,6-14,16,19,22,25-39,41-59H2,1-5H3/b17-15-,20-18-,24-23-,40-21-. The molecule has 0 aliphatic carbocycles. The molecule has 2 unspecified atom stereocenters. The minimum absolute atomic E-state index is 0.0325. The molecule has 0 radical (unpaired) electrons. The molecule has 0 spiro atoms. The van der Waals surface area contributed by atoms with Gasteiger partial charge in [0, 0.05) is 12.8 Å². The van der Waals surface area contributed by atoms with Gasteiger partial charge in [0.2, 0.25) is 0 Å². The van der Waals surface area contributed by atoms with Gasteiger partial charge < -0.3 is 27.9 Å². The lowest BCUT2D eigenvalue weighted by molar-refractivity contribution is -0.870. The van der Waals surface area contributed by atoms with Crippen LogP contribution in [0.1, 0.15) is 284 Å². The molecule has 2 atom stereocenters. The smallest absolute Gasteiger partial charge is 0.306 e. The Morgan fingerprint density at radius 3 is 1.12 bits per heavy atom. The van der Waals surface area contributed by atoms with Crippen molar-refractivity contribution in [3.63, 3.8) is 0 Å². The number of likely N-dealkylation sites (N-methyl/N-ethyl adjacent to an activating group) is 1. The van der Waals surface area contributed by atoms with E-state index in [1.54, 1.807) is 0 Å². The van der Waals surface area contributed by atoms with Crippen molar-refractivity contribution < 1.29 is 42.1 Å². The van der Waals surface area contributed by atoms with Gasteiger partial charge in [0.25, 0.3) is 7.82 Å². The fourth-order valence-electron chi connectivity index (χ4n) is 8.60. The Morgan fingerprint density at radius 1 is 0.431 bits per heavy atom. The highest BCUT2D eigenvalue weighted by Crippen LogP contribution is 2.38. The van der Waals surface area contributed by atoms with Gasteiger partial charge in [0.1, 0.15) is 19.8 Å². The number of phosphoric ester groups is 1. The molecule has 0 heterocycles. The van der Waals surface area contributed by atoms with E-state index in [2.05, 4.69) is 62.5 Å². The van der Waals surface area contributed by atoms with Gasteiger partial charge in [-0.05, 0) is 77.0 Å². The number of allylic oxidation sites excluding steroid dienone is 8. The Kier molecular flexibility index (Phi) is 52.3. The Labute approximate surface area is 445 Å². The third-order valence-corrected chi connectivity index (χ3v) is 14.3. The molecule has 0 saturated heterocycles. The largest absolute Gasteiger partial charge is 0.756 e. The molecule has 0 aromatic carbocycles. The average Bonchev–Trinajstić information content (AvgIpc) is 3.34. The zero-order valence-corrected chi connectivity index (χ0v) is 48.8. The number of ether oxygens (including phenoxy) is 2. The SMILES string of the molecule is CCCCC/C=C\C/C=C\CCCCCCCC(=O)OCC(COP(=O)([O-])OCC[N+](C)(C)C)OC(=O)CCCCCCCCCCCCCCCCCCCCCCC/C=C\C/C=C\CCCCCCC. The number of phosphoric acid groups is 1. The summed E-state index contributed by atoms with van der Waals surface area (Å²) in [6, 6.07) is 0. The predicted octanol–water partition coefficient (Wildman–Crippen LogP) is 18.3. The molecule has 0 rings (SSSR count). The summed E-state index contributed by atoms with van der Waals surface area (Å²) in [5, 5.41) is 0. The average molecular weight is 1030 g/mol. The van der Waals surface area contributed by atoms with Crippen LogP contribution in [0.15, 0.2) is 48.6 Å². The summed E-state index contributed by atoms with van der Waals surface area (Å²) in [7, 11) is 1.17. The van der Waals surface area contributed by atoms with Gasteiger partial charge in [-0.3, -0.25) is 14.2 Å². The number of nitrogens with zero attached hydrogens (tertiary/aromatic N) is 1. The third-order valence-electron chi connectivity index (χ3n) is 13.3. The lowest BCUT2D eigenvalue weighted by atomic mass is 10.0. The van der Waals surface area contributed by atoms with E-state index in [4.69, 9.17) is 18.5 Å². The molecule has 0 fully saturated rings. The fourth-order valence-corrected chi connectivity index (χ4v) is 9.33. The van der Waals surface area contributed by atoms with Crippen LogP contribution < -0.4 is 4.89 Å². The number of unbranched alkanes of at least 4 members (excludes halogenated alkanes) is 34. The monoisotopic (exact) mass is 1030 g/mol. The fraction of sp³-hybridized carbons (Fsp3) is 0.839. The van der Waals surface area contributed by atoms with Crippen molar-refractivity contribution in [2.45, 2.75) is 290 Å². The summed E-state index contributed by atoms with van der Waals surface area (Å²) < 4.78 is 34.1. The van der Waals surface area contributed by atoms with Crippen LogP contribution in [-0.4, -0.2) is 70.0 Å². The summed E-state index contributed by atoms with van der Waals surface area (Å²) in [4.78, 5) is 37.8. The highest BCUT2D eigenvalue weighted by Gasteiger charge is 2.22. The molecule has 0 saturated carbocycles. The van der Waals surface area contributed by atoms with E-state index in [1.807, 2.05) is 21.1 Å². The van der Waals surface area contributed by atoms with Crippen LogP contribution in [0.2, 0.25) is 0 Å². The Morgan fingerprint density at radius 2 is 0.750 bits per heavy atom. The molecule has 0 amide bonds. The zero-order chi connectivity index (χ0) is 52.7. The summed E-state index contributed by atoms with van der Waals surface area (Å²) in [5.41, 5.74) is 0. The van der Waals surface area contributed by atoms with Gasteiger partial charge in [0.05, 0.1) is 27.7 Å². The van der Waals surface area contributed by atoms with Crippen LogP contribution in [0.25, 0.3) is 0 Å². The maximum absolute atomic E-state index is 12.8. The molecule has 72 heavy (non-hydrogen) atoms. The van der Waals surface area contributed by atoms with Crippen molar-refractivity contribution in [2.24, 2.45) is 0 Å². The first kappa shape index (κ1) is 70.0. The summed E-state index contributed by atoms with van der Waals surface area (Å²) in [6.45, 7) is 4.21. The van der Waals surface area contributed by atoms with E-state index in [-0.39, 0.29) is 26.1 Å². The van der Waals surface area contributed by atoms with Crippen molar-refractivity contribution in [3.8, 4) is 0 Å². The Balaban J connectivity index is 4.01. The molecular formula is C62H116NO8P. The topological polar surface area (TPSA) is 111 Å². The normalized spacial score (nSPS) is 13.6. The van der Waals surface area contributed by atoms with Crippen LogP contribution in [0, 0.1) is 0 Å². The van der Waals surface area contributed by atoms with E-state index < -0.39 is 32.5 Å². The lowest BCUT2D eigenvalue weighted by Crippen LogP contribution is -2.37. The first-order chi connectivity index (χ1) is 35.0. The van der Waals surface area contributed by atoms with Gasteiger partial charge in [-0.1, -0.05) is 242 Å². The van der Waals surface area contributed by atoms with Gasteiger partial charge >= 0.3 is 11.9 Å². The molecule has 9 nitrogen and oxygen atoms in total. The van der Waals surface area contributed by atoms with E-state index in [9.17, 15) is 19.0 Å². The molecule has 0 aromatic rings. The maximum Gasteiger partial charge on any atom is 0.306 e. The predicted molar refractivity (Wildman–Crippen MR) is 305 cm³/mol. The molecule has 0 bridgehead atoms. The maximum atomic E-state index is 12.8. The molecule has 0 aromatic heterocycles. The van der Waals surface area contributed by atoms with Crippen LogP contribution in [0.5, 0.6) is 0 Å². The first-order valence-electron chi connectivity index (χ1n) is 30.3. The number of rotatable bonds is 56. The Hall–Kier alpha value is -2.03.